The minimum Gasteiger partial charge on any atom is -0.475 e. The average molecular weight is 561 g/mol. The van der Waals surface area contributed by atoms with Crippen molar-refractivity contribution in [3.63, 3.8) is 0 Å². The number of Topliss-reactive ketones (excluding diaryl/α,β-unsaturated/α-hetero) is 1. The minimum absolute atomic E-state index is 0.0273. The van der Waals surface area contributed by atoms with Crippen molar-refractivity contribution in [1.82, 2.24) is 4.90 Å². The van der Waals surface area contributed by atoms with Gasteiger partial charge in [0, 0.05) is 47.5 Å². The lowest BCUT2D eigenvalue weighted by atomic mass is 10.0. The van der Waals surface area contributed by atoms with E-state index in [1.807, 2.05) is 24.8 Å². The van der Waals surface area contributed by atoms with Crippen LogP contribution in [0.1, 0.15) is 66.3 Å². The first-order valence-corrected chi connectivity index (χ1v) is 12.5. The summed E-state index contributed by atoms with van der Waals surface area (Å²) >= 11 is 0. The number of halogens is 3. The third-order valence-corrected chi connectivity index (χ3v) is 5.60. The second-order valence-corrected chi connectivity index (χ2v) is 8.91. The van der Waals surface area contributed by atoms with Crippen LogP contribution in [0.15, 0.2) is 53.0 Å². The van der Waals surface area contributed by atoms with Crippen molar-refractivity contribution in [3.8, 4) is 0 Å². The Labute approximate surface area is 229 Å². The highest BCUT2D eigenvalue weighted by atomic mass is 19.4. The molecule has 0 saturated carbocycles. The maximum atomic E-state index is 13.1. The molecule has 0 bridgehead atoms. The van der Waals surface area contributed by atoms with Crippen molar-refractivity contribution in [2.45, 2.75) is 46.2 Å². The van der Waals surface area contributed by atoms with Gasteiger partial charge in [-0.25, -0.2) is 9.79 Å². The van der Waals surface area contributed by atoms with E-state index in [-0.39, 0.29) is 24.0 Å². The van der Waals surface area contributed by atoms with Gasteiger partial charge >= 0.3 is 12.1 Å². The van der Waals surface area contributed by atoms with E-state index in [1.165, 1.54) is 6.92 Å². The van der Waals surface area contributed by atoms with Crippen LogP contribution in [0.3, 0.4) is 0 Å². The number of fused-ring (bicyclic) bond motifs is 1. The molecule has 4 N–H and O–H groups in total. The molecule has 0 fully saturated rings. The standard InChI is InChI=1S/C26H30N4O3.C2HF3O2/c1-4-12-30(13-5-2)26(33)21-14-19-6-7-20(15-23(19)29-24(27)16-21)25(32)28-22-10-8-18(9-11-22)17(3)31;3-2(4,5)1(6)7/h6-11,14-15H,4-5,12-13,16H2,1-3H3,(H2,27,29)(H,28,32);(H,6,7). The smallest absolute Gasteiger partial charge is 0.475 e. The predicted molar refractivity (Wildman–Crippen MR) is 146 cm³/mol. The van der Waals surface area contributed by atoms with E-state index < -0.39 is 12.1 Å². The number of nitrogens with one attached hydrogen (secondary N) is 1. The van der Waals surface area contributed by atoms with Gasteiger partial charge in [-0.15, -0.1) is 0 Å². The number of hydrogen-bond acceptors (Lipinski definition) is 6. The Bertz CT molecular complexity index is 1310. The van der Waals surface area contributed by atoms with Crippen LogP contribution >= 0.6 is 0 Å². The van der Waals surface area contributed by atoms with E-state index in [1.54, 1.807) is 42.5 Å². The second-order valence-electron chi connectivity index (χ2n) is 8.91. The molecule has 0 spiro atoms. The summed E-state index contributed by atoms with van der Waals surface area (Å²) < 4.78 is 31.7. The number of amidine groups is 1. The van der Waals surface area contributed by atoms with Gasteiger partial charge in [0.1, 0.15) is 5.84 Å². The van der Waals surface area contributed by atoms with Gasteiger partial charge < -0.3 is 21.1 Å². The summed E-state index contributed by atoms with van der Waals surface area (Å²) in [6, 6.07) is 11.9. The first kappa shape index (κ1) is 31.7. The summed E-state index contributed by atoms with van der Waals surface area (Å²) in [5, 5.41) is 9.95. The largest absolute Gasteiger partial charge is 0.490 e. The number of alkyl halides is 3. The second kappa shape index (κ2) is 14.1. The molecule has 0 aliphatic carbocycles. The number of nitrogens with two attached hydrogens (primary N) is 1. The maximum Gasteiger partial charge on any atom is 0.490 e. The molecule has 2 aromatic carbocycles. The number of nitrogens with zero attached hydrogens (tertiary/aromatic N) is 2. The molecule has 3 rings (SSSR count). The van der Waals surface area contributed by atoms with Gasteiger partial charge in [0.25, 0.3) is 5.91 Å². The molecule has 1 heterocycles. The molecule has 2 amide bonds. The van der Waals surface area contributed by atoms with Crippen molar-refractivity contribution in [1.29, 1.82) is 0 Å². The van der Waals surface area contributed by atoms with Crippen molar-refractivity contribution < 1.29 is 37.5 Å². The number of amides is 2. The summed E-state index contributed by atoms with van der Waals surface area (Å²) in [7, 11) is 0. The van der Waals surface area contributed by atoms with E-state index >= 15 is 0 Å². The van der Waals surface area contributed by atoms with Gasteiger partial charge in [0.05, 0.1) is 5.69 Å². The highest BCUT2D eigenvalue weighted by Gasteiger charge is 2.38. The van der Waals surface area contributed by atoms with E-state index in [0.717, 1.165) is 18.4 Å². The Balaban J connectivity index is 0.000000708. The summed E-state index contributed by atoms with van der Waals surface area (Å²) in [5.74, 6) is -2.79. The number of carboxylic acid groups (broad SMARTS) is 1. The van der Waals surface area contributed by atoms with Crippen molar-refractivity contribution in [3.05, 3.63) is 64.7 Å². The predicted octanol–water partition coefficient (Wildman–Crippen LogP) is 5.20. The van der Waals surface area contributed by atoms with Crippen LogP contribution in [-0.4, -0.2) is 58.7 Å². The molecule has 2 aromatic rings. The quantitative estimate of drug-likeness (QED) is 0.379. The van der Waals surface area contributed by atoms with Crippen LogP contribution in [0, 0.1) is 0 Å². The minimum atomic E-state index is -5.08. The number of aliphatic imine (C=N–C) groups is 1. The average Bonchev–Trinajstić information content (AvgIpc) is 3.05. The molecular formula is C28H31F3N4O5. The molecule has 0 aromatic heterocycles. The zero-order valence-electron chi connectivity index (χ0n) is 22.3. The Kier molecular flexibility index (Phi) is 11.2. The lowest BCUT2D eigenvalue weighted by molar-refractivity contribution is -0.192. The van der Waals surface area contributed by atoms with Gasteiger partial charge in [0.2, 0.25) is 5.91 Å². The summed E-state index contributed by atoms with van der Waals surface area (Å²) in [4.78, 5) is 52.5. The monoisotopic (exact) mass is 560 g/mol. The number of hydrogen-bond donors (Lipinski definition) is 3. The van der Waals surface area contributed by atoms with Crippen LogP contribution in [-0.2, 0) is 9.59 Å². The fraction of sp³-hybridized carbons (Fsp3) is 0.321. The van der Waals surface area contributed by atoms with Crippen LogP contribution in [0.2, 0.25) is 0 Å². The van der Waals surface area contributed by atoms with E-state index in [2.05, 4.69) is 10.3 Å². The number of aliphatic carboxylic acids is 1. The van der Waals surface area contributed by atoms with Gasteiger partial charge in [-0.3, -0.25) is 14.4 Å². The number of rotatable bonds is 8. The third kappa shape index (κ3) is 9.07. The molecule has 12 heteroatoms. The molecule has 1 aliphatic heterocycles. The highest BCUT2D eigenvalue weighted by Crippen LogP contribution is 2.29. The van der Waals surface area contributed by atoms with Crippen LogP contribution in [0.25, 0.3) is 6.08 Å². The van der Waals surface area contributed by atoms with Gasteiger partial charge in [0.15, 0.2) is 5.78 Å². The lowest BCUT2D eigenvalue weighted by Gasteiger charge is -2.22. The van der Waals surface area contributed by atoms with Gasteiger partial charge in [-0.05, 0) is 62.2 Å². The molecular weight excluding hydrogens is 529 g/mol. The zero-order valence-corrected chi connectivity index (χ0v) is 22.3. The molecule has 214 valence electrons. The number of carboxylic acids is 1. The Morgan fingerprint density at radius 3 is 2.05 bits per heavy atom. The molecule has 1 aliphatic rings. The third-order valence-electron chi connectivity index (χ3n) is 5.60. The molecule has 0 saturated heterocycles. The zero-order chi connectivity index (χ0) is 30.0. The van der Waals surface area contributed by atoms with Gasteiger partial charge in [-0.2, -0.15) is 13.2 Å². The summed E-state index contributed by atoms with van der Waals surface area (Å²) in [6.45, 7) is 6.98. The molecule has 9 nitrogen and oxygen atoms in total. The highest BCUT2D eigenvalue weighted by molar-refractivity contribution is 6.08. The number of anilines is 1. The maximum absolute atomic E-state index is 13.1. The number of carbonyl (C=O) groups excluding carboxylic acids is 3. The van der Waals surface area contributed by atoms with Crippen LogP contribution in [0.4, 0.5) is 24.5 Å². The van der Waals surface area contributed by atoms with Crippen LogP contribution in [0.5, 0.6) is 0 Å². The Morgan fingerprint density at radius 1 is 1.00 bits per heavy atom. The SMILES string of the molecule is CCCN(CCC)C(=O)C1=Cc2ccc(C(=O)Nc3ccc(C(C)=O)cc3)cc2N=C(N)C1.O=C(O)C(F)(F)F. The molecule has 0 radical (unpaired) electrons. The fourth-order valence-corrected chi connectivity index (χ4v) is 3.72. The van der Waals surface area contributed by atoms with Crippen molar-refractivity contribution in [2.24, 2.45) is 10.7 Å². The van der Waals surface area contributed by atoms with Crippen LogP contribution < -0.4 is 11.1 Å². The summed E-state index contributed by atoms with van der Waals surface area (Å²) in [5.41, 5.74) is 9.60. The Morgan fingerprint density at radius 2 is 1.55 bits per heavy atom. The first-order valence-electron chi connectivity index (χ1n) is 12.5. The molecule has 0 unspecified atom stereocenters. The Hall–Kier alpha value is -4.48. The molecule has 0 atom stereocenters. The van der Waals surface area contributed by atoms with Crippen molar-refractivity contribution >= 4 is 46.9 Å². The van der Waals surface area contributed by atoms with E-state index in [9.17, 15) is 27.6 Å². The normalized spacial score (nSPS) is 12.4. The van der Waals surface area contributed by atoms with E-state index in [0.29, 0.717) is 47.0 Å². The first-order chi connectivity index (χ1) is 18.8. The number of carbonyl (C=O) groups is 4. The summed E-state index contributed by atoms with van der Waals surface area (Å²) in [6.07, 6.45) is -1.23. The van der Waals surface area contributed by atoms with Crippen molar-refractivity contribution in [2.75, 3.05) is 18.4 Å². The number of ketones is 1. The topological polar surface area (TPSA) is 142 Å². The lowest BCUT2D eigenvalue weighted by Crippen LogP contribution is -2.34. The molecule has 40 heavy (non-hydrogen) atoms. The number of benzene rings is 2. The fourth-order valence-electron chi connectivity index (χ4n) is 3.72. The van der Waals surface area contributed by atoms with E-state index in [4.69, 9.17) is 15.6 Å². The van der Waals surface area contributed by atoms with Gasteiger partial charge in [-0.1, -0.05) is 19.9 Å².